The minimum Gasteiger partial charge on any atom is -0.507 e. The van der Waals surface area contributed by atoms with E-state index in [0.29, 0.717) is 16.9 Å². The Morgan fingerprint density at radius 2 is 1.62 bits per heavy atom. The van der Waals surface area contributed by atoms with Gasteiger partial charge in [-0.1, -0.05) is 53.7 Å². The van der Waals surface area contributed by atoms with E-state index in [1.807, 2.05) is 25.3 Å². The molecule has 1 aliphatic heterocycles. The average Bonchev–Trinajstić information content (AvgIpc) is 2.58. The van der Waals surface area contributed by atoms with Crippen LogP contribution >= 0.6 is 11.8 Å². The van der Waals surface area contributed by atoms with E-state index in [2.05, 4.69) is 52.9 Å². The van der Waals surface area contributed by atoms with Gasteiger partial charge in [-0.05, 0) is 47.6 Å². The molecule has 29 heavy (non-hydrogen) atoms. The number of hydrogen-bond donors (Lipinski definition) is 2. The molecule has 156 valence electrons. The zero-order valence-electron chi connectivity index (χ0n) is 18.9. The Hall–Kier alpha value is -2.19. The predicted molar refractivity (Wildman–Crippen MR) is 121 cm³/mol. The highest BCUT2D eigenvalue weighted by molar-refractivity contribution is 8.02. The first-order valence-electron chi connectivity index (χ1n) is 9.78. The fourth-order valence-electron chi connectivity index (χ4n) is 3.84. The number of benzene rings is 1. The molecule has 0 bridgehead atoms. The number of dihydropyridines is 1. The summed E-state index contributed by atoms with van der Waals surface area (Å²) in [5, 5.41) is 25.0. The number of rotatable bonds is 3. The van der Waals surface area contributed by atoms with Crippen LogP contribution in [0.4, 0.5) is 0 Å². The van der Waals surface area contributed by atoms with Gasteiger partial charge in [0, 0.05) is 11.3 Å². The second-order valence-corrected chi connectivity index (χ2v) is 10.5. The number of carbonyl (C=O) groups excluding carboxylic acids is 1. The van der Waals surface area contributed by atoms with Crippen molar-refractivity contribution in [1.82, 2.24) is 5.32 Å². The first-order valence-corrected chi connectivity index (χ1v) is 11.0. The maximum atomic E-state index is 12.6. The Bertz CT molecular complexity index is 916. The van der Waals surface area contributed by atoms with Crippen molar-refractivity contribution in [2.24, 2.45) is 0 Å². The normalized spacial score (nSPS) is 17.9. The van der Waals surface area contributed by atoms with Crippen molar-refractivity contribution in [1.29, 1.82) is 5.26 Å². The minimum absolute atomic E-state index is 0.0596. The summed E-state index contributed by atoms with van der Waals surface area (Å²) in [6, 6.07) is 6.27. The smallest absolute Gasteiger partial charge is 0.158 e. The molecule has 5 heteroatoms. The van der Waals surface area contributed by atoms with Gasteiger partial charge in [-0.2, -0.15) is 5.26 Å². The van der Waals surface area contributed by atoms with Gasteiger partial charge >= 0.3 is 0 Å². The van der Waals surface area contributed by atoms with E-state index < -0.39 is 5.92 Å². The second-order valence-electron chi connectivity index (χ2n) is 9.68. The summed E-state index contributed by atoms with van der Waals surface area (Å²) in [5.41, 5.74) is 3.84. The van der Waals surface area contributed by atoms with Crippen LogP contribution in [-0.4, -0.2) is 17.1 Å². The number of nitriles is 1. The van der Waals surface area contributed by atoms with E-state index in [1.54, 1.807) is 6.92 Å². The zero-order chi connectivity index (χ0) is 22.3. The van der Waals surface area contributed by atoms with Gasteiger partial charge in [-0.25, -0.2) is 0 Å². The Labute approximate surface area is 179 Å². The number of ketones is 1. The molecule has 0 aromatic heterocycles. The number of aromatic hydroxyl groups is 1. The number of phenols is 1. The standard InChI is InChI=1S/C24H32N2O2S/c1-13-19(14(2)27)20(16(12-25)22(26-13)29-9)15-10-17(23(3,4)5)21(28)18(11-15)24(6,7)8/h10-11,20,26,28H,1-9H3. The Balaban J connectivity index is 2.95. The van der Waals surface area contributed by atoms with Crippen LogP contribution in [0.25, 0.3) is 0 Å². The van der Waals surface area contributed by atoms with Crippen molar-refractivity contribution in [3.63, 3.8) is 0 Å². The molecule has 0 saturated carbocycles. The second kappa shape index (κ2) is 7.91. The summed E-state index contributed by atoms with van der Waals surface area (Å²) >= 11 is 1.47. The Morgan fingerprint density at radius 3 is 1.97 bits per heavy atom. The largest absolute Gasteiger partial charge is 0.507 e. The van der Waals surface area contributed by atoms with Crippen LogP contribution in [0.1, 0.15) is 78.0 Å². The van der Waals surface area contributed by atoms with Crippen LogP contribution in [0, 0.1) is 11.3 Å². The number of hydrogen-bond acceptors (Lipinski definition) is 5. The van der Waals surface area contributed by atoms with Crippen molar-refractivity contribution in [3.8, 4) is 11.8 Å². The lowest BCUT2D eigenvalue weighted by molar-refractivity contribution is -0.113. The van der Waals surface area contributed by atoms with E-state index in [4.69, 9.17) is 0 Å². The molecule has 1 aromatic rings. The van der Waals surface area contributed by atoms with E-state index in [-0.39, 0.29) is 16.6 Å². The molecule has 1 aliphatic rings. The molecule has 0 fully saturated rings. The van der Waals surface area contributed by atoms with Crippen molar-refractivity contribution in [2.75, 3.05) is 6.26 Å². The third kappa shape index (κ3) is 4.38. The number of nitrogens with zero attached hydrogens (tertiary/aromatic N) is 1. The first-order chi connectivity index (χ1) is 13.2. The first kappa shape index (κ1) is 23.1. The van der Waals surface area contributed by atoms with E-state index >= 15 is 0 Å². The molecule has 0 spiro atoms. The summed E-state index contributed by atoms with van der Waals surface area (Å²) in [6.07, 6.45) is 1.92. The van der Waals surface area contributed by atoms with Gasteiger partial charge in [0.1, 0.15) is 5.75 Å². The number of nitrogens with one attached hydrogen (secondary N) is 1. The van der Waals surface area contributed by atoms with Gasteiger partial charge in [0.2, 0.25) is 0 Å². The molecular formula is C24H32N2O2S. The molecule has 1 heterocycles. The fourth-order valence-corrected chi connectivity index (χ4v) is 4.48. The Morgan fingerprint density at radius 1 is 1.14 bits per heavy atom. The van der Waals surface area contributed by atoms with Crippen LogP contribution < -0.4 is 5.32 Å². The maximum Gasteiger partial charge on any atom is 0.158 e. The molecule has 4 nitrogen and oxygen atoms in total. The van der Waals surface area contributed by atoms with Gasteiger partial charge in [0.05, 0.1) is 22.6 Å². The van der Waals surface area contributed by atoms with E-state index in [0.717, 1.165) is 27.4 Å². The zero-order valence-corrected chi connectivity index (χ0v) is 19.8. The van der Waals surface area contributed by atoms with Crippen molar-refractivity contribution in [2.45, 2.75) is 72.1 Å². The molecule has 0 amide bonds. The molecule has 2 N–H and O–H groups in total. The lowest BCUT2D eigenvalue weighted by Gasteiger charge is -2.33. The van der Waals surface area contributed by atoms with Gasteiger partial charge in [-0.15, -0.1) is 11.8 Å². The van der Waals surface area contributed by atoms with E-state index in [9.17, 15) is 15.2 Å². The van der Waals surface area contributed by atoms with Crippen LogP contribution in [-0.2, 0) is 15.6 Å². The van der Waals surface area contributed by atoms with Gasteiger partial charge in [0.15, 0.2) is 5.78 Å². The average molecular weight is 413 g/mol. The third-order valence-corrected chi connectivity index (χ3v) is 6.04. The quantitative estimate of drug-likeness (QED) is 0.672. The lowest BCUT2D eigenvalue weighted by atomic mass is 9.74. The van der Waals surface area contributed by atoms with Crippen LogP contribution in [0.2, 0.25) is 0 Å². The van der Waals surface area contributed by atoms with Gasteiger partial charge < -0.3 is 10.4 Å². The molecule has 1 aromatic carbocycles. The van der Waals surface area contributed by atoms with Crippen LogP contribution in [0.5, 0.6) is 5.75 Å². The number of carbonyl (C=O) groups is 1. The number of thioether (sulfide) groups is 1. The molecule has 1 atom stereocenters. The number of allylic oxidation sites excluding steroid dienone is 3. The fraction of sp³-hybridized carbons (Fsp3) is 0.500. The number of Topliss-reactive ketones (excluding diaryl/α,β-unsaturated/α-hetero) is 1. The van der Waals surface area contributed by atoms with Crippen molar-refractivity contribution >= 4 is 17.5 Å². The SMILES string of the molecule is CSC1=C(C#N)C(c2cc(C(C)(C)C)c(O)c(C(C)(C)C)c2)C(C(C)=O)=C(C)N1. The molecule has 0 saturated heterocycles. The van der Waals surface area contributed by atoms with Crippen molar-refractivity contribution in [3.05, 3.63) is 50.7 Å². The highest BCUT2D eigenvalue weighted by Crippen LogP contribution is 2.46. The van der Waals surface area contributed by atoms with Crippen LogP contribution in [0.15, 0.2) is 34.0 Å². The van der Waals surface area contributed by atoms with E-state index in [1.165, 1.54) is 11.8 Å². The summed E-state index contributed by atoms with van der Waals surface area (Å²) in [4.78, 5) is 12.6. The summed E-state index contributed by atoms with van der Waals surface area (Å²) in [6.45, 7) is 15.8. The lowest BCUT2D eigenvalue weighted by Crippen LogP contribution is -2.27. The molecule has 0 aliphatic carbocycles. The van der Waals surface area contributed by atoms with Gasteiger partial charge in [0.25, 0.3) is 0 Å². The summed E-state index contributed by atoms with van der Waals surface area (Å²) in [5.74, 6) is -0.222. The Kier molecular flexibility index (Phi) is 6.30. The predicted octanol–water partition coefficient (Wildman–Crippen LogP) is 5.64. The third-order valence-electron chi connectivity index (χ3n) is 5.31. The minimum atomic E-state index is -0.455. The number of phenolic OH excluding ortho intramolecular Hbond substituents is 1. The monoisotopic (exact) mass is 412 g/mol. The molecule has 2 rings (SSSR count). The molecule has 0 radical (unpaired) electrons. The van der Waals surface area contributed by atoms with Crippen LogP contribution in [0.3, 0.4) is 0 Å². The van der Waals surface area contributed by atoms with Crippen molar-refractivity contribution < 1.29 is 9.90 Å². The topological polar surface area (TPSA) is 73.1 Å². The highest BCUT2D eigenvalue weighted by Gasteiger charge is 2.35. The maximum absolute atomic E-state index is 12.6. The molecular weight excluding hydrogens is 380 g/mol. The summed E-state index contributed by atoms with van der Waals surface area (Å²) in [7, 11) is 0. The van der Waals surface area contributed by atoms with Gasteiger partial charge in [-0.3, -0.25) is 4.79 Å². The summed E-state index contributed by atoms with van der Waals surface area (Å²) < 4.78 is 0. The highest BCUT2D eigenvalue weighted by atomic mass is 32.2. The molecule has 1 unspecified atom stereocenters.